The topological polar surface area (TPSA) is 38.5 Å². The van der Waals surface area contributed by atoms with E-state index in [9.17, 15) is 0 Å². The third-order valence-electron chi connectivity index (χ3n) is 2.83. The molecule has 0 fully saturated rings. The molecule has 0 saturated heterocycles. The van der Waals surface area contributed by atoms with E-state index >= 15 is 0 Å². The summed E-state index contributed by atoms with van der Waals surface area (Å²) >= 11 is 0. The summed E-state index contributed by atoms with van der Waals surface area (Å²) in [6.07, 6.45) is 3.59. The van der Waals surface area contributed by atoms with E-state index in [4.69, 9.17) is 10.5 Å². The number of methoxy groups -OCH3 is 1. The lowest BCUT2D eigenvalue weighted by Gasteiger charge is -2.29. The van der Waals surface area contributed by atoms with Crippen LogP contribution in [0.5, 0.6) is 0 Å². The second-order valence-corrected chi connectivity index (χ2v) is 4.29. The van der Waals surface area contributed by atoms with Gasteiger partial charge < -0.3 is 10.5 Å². The van der Waals surface area contributed by atoms with Crippen molar-refractivity contribution in [3.05, 3.63) is 0 Å². The average molecular weight is 216 g/mol. The molecule has 0 spiro atoms. The van der Waals surface area contributed by atoms with Gasteiger partial charge in [0.2, 0.25) is 0 Å². The number of likely N-dealkylation sites (N-methyl/N-ethyl adjacent to an activating group) is 1. The molecule has 92 valence electrons. The molecule has 2 N–H and O–H groups in total. The molecule has 0 amide bonds. The highest BCUT2D eigenvalue weighted by Crippen LogP contribution is 2.04. The molecule has 15 heavy (non-hydrogen) atoms. The highest BCUT2D eigenvalue weighted by atomic mass is 16.5. The molecular formula is C12H28N2O. The Labute approximate surface area is 95.0 Å². The summed E-state index contributed by atoms with van der Waals surface area (Å²) < 4.78 is 5.17. The molecule has 2 unspecified atom stereocenters. The Morgan fingerprint density at radius 1 is 1.33 bits per heavy atom. The van der Waals surface area contributed by atoms with E-state index < -0.39 is 0 Å². The lowest BCUT2D eigenvalue weighted by molar-refractivity contribution is 0.0978. The fourth-order valence-corrected chi connectivity index (χ4v) is 1.83. The molecule has 0 aliphatic rings. The minimum Gasteiger partial charge on any atom is -0.383 e. The van der Waals surface area contributed by atoms with Gasteiger partial charge in [-0.2, -0.15) is 0 Å². The van der Waals surface area contributed by atoms with Gasteiger partial charge in [-0.1, -0.05) is 26.7 Å². The van der Waals surface area contributed by atoms with Crippen molar-refractivity contribution in [3.63, 3.8) is 0 Å². The van der Waals surface area contributed by atoms with Crippen LogP contribution in [0.3, 0.4) is 0 Å². The van der Waals surface area contributed by atoms with Gasteiger partial charge in [-0.15, -0.1) is 0 Å². The predicted octanol–water partition coefficient (Wildman–Crippen LogP) is 1.86. The number of rotatable bonds is 9. The SMILES string of the molecule is CCCCC(N)CN(CC)C(C)COC. The molecular weight excluding hydrogens is 188 g/mol. The second kappa shape index (κ2) is 9.13. The van der Waals surface area contributed by atoms with Crippen molar-refractivity contribution in [1.29, 1.82) is 0 Å². The van der Waals surface area contributed by atoms with Gasteiger partial charge in [0.15, 0.2) is 0 Å². The van der Waals surface area contributed by atoms with Gasteiger partial charge in [-0.25, -0.2) is 0 Å². The van der Waals surface area contributed by atoms with Gasteiger partial charge in [0.1, 0.15) is 0 Å². The first-order valence-corrected chi connectivity index (χ1v) is 6.14. The van der Waals surface area contributed by atoms with Crippen molar-refractivity contribution in [3.8, 4) is 0 Å². The van der Waals surface area contributed by atoms with Crippen molar-refractivity contribution in [2.24, 2.45) is 5.73 Å². The van der Waals surface area contributed by atoms with E-state index in [2.05, 4.69) is 25.7 Å². The van der Waals surface area contributed by atoms with Gasteiger partial charge in [0.25, 0.3) is 0 Å². The van der Waals surface area contributed by atoms with Gasteiger partial charge in [-0.3, -0.25) is 4.90 Å². The quantitative estimate of drug-likeness (QED) is 0.639. The summed E-state index contributed by atoms with van der Waals surface area (Å²) in [7, 11) is 1.75. The number of hydrogen-bond donors (Lipinski definition) is 1. The van der Waals surface area contributed by atoms with E-state index in [-0.39, 0.29) is 0 Å². The van der Waals surface area contributed by atoms with Crippen LogP contribution >= 0.6 is 0 Å². The summed E-state index contributed by atoms with van der Waals surface area (Å²) in [5.41, 5.74) is 6.09. The lowest BCUT2D eigenvalue weighted by Crippen LogP contribution is -2.43. The maximum atomic E-state index is 6.09. The van der Waals surface area contributed by atoms with Gasteiger partial charge in [0.05, 0.1) is 6.61 Å². The lowest BCUT2D eigenvalue weighted by atomic mass is 10.1. The zero-order chi connectivity index (χ0) is 11.7. The summed E-state index contributed by atoms with van der Waals surface area (Å²) in [5, 5.41) is 0. The molecule has 0 aliphatic heterocycles. The number of hydrogen-bond acceptors (Lipinski definition) is 3. The van der Waals surface area contributed by atoms with E-state index in [0.29, 0.717) is 12.1 Å². The van der Waals surface area contributed by atoms with E-state index in [0.717, 1.165) is 26.1 Å². The molecule has 2 atom stereocenters. The summed E-state index contributed by atoms with van der Waals surface area (Å²) in [4.78, 5) is 2.39. The first kappa shape index (κ1) is 14.9. The normalized spacial score (nSPS) is 15.6. The summed E-state index contributed by atoms with van der Waals surface area (Å²) in [6, 6.07) is 0.775. The molecule has 3 heteroatoms. The van der Waals surface area contributed by atoms with Crippen molar-refractivity contribution in [2.75, 3.05) is 26.8 Å². The molecule has 0 saturated carbocycles. The number of nitrogens with two attached hydrogens (primary N) is 1. The fourth-order valence-electron chi connectivity index (χ4n) is 1.83. The van der Waals surface area contributed by atoms with E-state index in [1.807, 2.05) is 0 Å². The smallest absolute Gasteiger partial charge is 0.0615 e. The largest absolute Gasteiger partial charge is 0.383 e. The van der Waals surface area contributed by atoms with Crippen LogP contribution in [0.1, 0.15) is 40.0 Å². The Balaban J connectivity index is 3.85. The Bertz CT molecular complexity index is 142. The Kier molecular flexibility index (Phi) is 9.06. The molecule has 0 aromatic heterocycles. The molecule has 0 bridgehead atoms. The molecule has 0 radical (unpaired) electrons. The molecule has 0 heterocycles. The van der Waals surface area contributed by atoms with Gasteiger partial charge in [-0.05, 0) is 19.9 Å². The van der Waals surface area contributed by atoms with Crippen LogP contribution in [-0.4, -0.2) is 43.8 Å². The number of ether oxygens (including phenoxy) is 1. The Morgan fingerprint density at radius 2 is 2.00 bits per heavy atom. The predicted molar refractivity (Wildman–Crippen MR) is 66.1 cm³/mol. The standard InChI is InChI=1S/C12H28N2O/c1-5-7-8-12(13)9-14(6-2)11(3)10-15-4/h11-12H,5-10,13H2,1-4H3. The fraction of sp³-hybridized carbons (Fsp3) is 1.00. The second-order valence-electron chi connectivity index (χ2n) is 4.29. The highest BCUT2D eigenvalue weighted by molar-refractivity contribution is 4.72. The van der Waals surface area contributed by atoms with E-state index in [1.54, 1.807) is 7.11 Å². The zero-order valence-electron chi connectivity index (χ0n) is 10.8. The Morgan fingerprint density at radius 3 is 2.47 bits per heavy atom. The van der Waals surface area contributed by atoms with Crippen LogP contribution in [0.25, 0.3) is 0 Å². The zero-order valence-corrected chi connectivity index (χ0v) is 10.8. The Hall–Kier alpha value is -0.120. The third kappa shape index (κ3) is 6.88. The number of nitrogens with zero attached hydrogens (tertiary/aromatic N) is 1. The minimum absolute atomic E-state index is 0.309. The molecule has 0 rings (SSSR count). The maximum Gasteiger partial charge on any atom is 0.0615 e. The average Bonchev–Trinajstić information content (AvgIpc) is 2.23. The molecule has 0 aromatic rings. The summed E-state index contributed by atoms with van der Waals surface area (Å²) in [5.74, 6) is 0. The van der Waals surface area contributed by atoms with Gasteiger partial charge in [0, 0.05) is 25.7 Å². The maximum absolute atomic E-state index is 6.09. The highest BCUT2D eigenvalue weighted by Gasteiger charge is 2.14. The third-order valence-corrected chi connectivity index (χ3v) is 2.83. The first-order chi connectivity index (χ1) is 7.15. The molecule has 0 aromatic carbocycles. The van der Waals surface area contributed by atoms with Crippen LogP contribution in [-0.2, 0) is 4.74 Å². The van der Waals surface area contributed by atoms with Crippen LogP contribution in [0.15, 0.2) is 0 Å². The van der Waals surface area contributed by atoms with Crippen molar-refractivity contribution in [2.45, 2.75) is 52.1 Å². The monoisotopic (exact) mass is 216 g/mol. The van der Waals surface area contributed by atoms with Gasteiger partial charge >= 0.3 is 0 Å². The minimum atomic E-state index is 0.309. The van der Waals surface area contributed by atoms with Crippen LogP contribution < -0.4 is 5.73 Å². The van der Waals surface area contributed by atoms with Crippen LogP contribution in [0.4, 0.5) is 0 Å². The van der Waals surface area contributed by atoms with Crippen molar-refractivity contribution >= 4 is 0 Å². The summed E-state index contributed by atoms with van der Waals surface area (Å²) in [6.45, 7) is 9.40. The van der Waals surface area contributed by atoms with Crippen LogP contribution in [0.2, 0.25) is 0 Å². The molecule has 0 aliphatic carbocycles. The van der Waals surface area contributed by atoms with Crippen LogP contribution in [0, 0.1) is 0 Å². The number of unbranched alkanes of at least 4 members (excludes halogenated alkanes) is 1. The van der Waals surface area contributed by atoms with Crippen molar-refractivity contribution in [1.82, 2.24) is 4.90 Å². The van der Waals surface area contributed by atoms with E-state index in [1.165, 1.54) is 12.8 Å². The first-order valence-electron chi connectivity index (χ1n) is 6.14. The van der Waals surface area contributed by atoms with Crippen molar-refractivity contribution < 1.29 is 4.74 Å². The molecule has 3 nitrogen and oxygen atoms in total.